The van der Waals surface area contributed by atoms with Gasteiger partial charge < -0.3 is 9.69 Å². The van der Waals surface area contributed by atoms with Gasteiger partial charge in [-0.25, -0.2) is 4.98 Å². The SMILES string of the molecule is O=CC(CC(N1CCN(c2ccc(C(F)(F)F)cn2)CC1)N1C2CCCC1CC2)c1ccccc1. The van der Waals surface area contributed by atoms with Gasteiger partial charge in [0.1, 0.15) is 12.1 Å². The lowest BCUT2D eigenvalue weighted by molar-refractivity contribution is -0.137. The van der Waals surface area contributed by atoms with Crippen molar-refractivity contribution in [1.82, 2.24) is 14.8 Å². The van der Waals surface area contributed by atoms with Gasteiger partial charge in [-0.1, -0.05) is 36.8 Å². The zero-order chi connectivity index (χ0) is 24.4. The molecule has 3 saturated heterocycles. The van der Waals surface area contributed by atoms with Crippen LogP contribution in [0, 0.1) is 0 Å². The predicted molar refractivity (Wildman–Crippen MR) is 129 cm³/mol. The fourth-order valence-corrected chi connectivity index (χ4v) is 6.29. The number of alkyl halides is 3. The van der Waals surface area contributed by atoms with Crippen LogP contribution in [0.15, 0.2) is 48.7 Å². The first kappa shape index (κ1) is 24.3. The van der Waals surface area contributed by atoms with Crippen molar-refractivity contribution in [2.45, 2.75) is 68.9 Å². The summed E-state index contributed by atoms with van der Waals surface area (Å²) in [5.74, 6) is 0.430. The molecular weight excluding hydrogens is 453 g/mol. The van der Waals surface area contributed by atoms with Gasteiger partial charge >= 0.3 is 6.18 Å². The van der Waals surface area contributed by atoms with Gasteiger partial charge in [0, 0.05) is 50.4 Å². The molecule has 5 rings (SSSR count). The first-order valence-corrected chi connectivity index (χ1v) is 12.7. The number of aromatic nitrogens is 1. The van der Waals surface area contributed by atoms with Gasteiger partial charge in [0.05, 0.1) is 11.7 Å². The molecule has 0 radical (unpaired) electrons. The van der Waals surface area contributed by atoms with E-state index in [4.69, 9.17) is 0 Å². The molecule has 1 aromatic heterocycles. The average molecular weight is 487 g/mol. The van der Waals surface area contributed by atoms with Crippen molar-refractivity contribution in [1.29, 1.82) is 0 Å². The van der Waals surface area contributed by atoms with Crippen molar-refractivity contribution in [3.8, 4) is 0 Å². The largest absolute Gasteiger partial charge is 0.417 e. The van der Waals surface area contributed by atoms with Crippen molar-refractivity contribution in [2.75, 3.05) is 31.1 Å². The summed E-state index contributed by atoms with van der Waals surface area (Å²) in [4.78, 5) is 23.5. The summed E-state index contributed by atoms with van der Waals surface area (Å²) in [6.07, 6.45) is 4.77. The Kier molecular flexibility index (Phi) is 7.12. The molecule has 3 fully saturated rings. The molecule has 8 heteroatoms. The first-order valence-electron chi connectivity index (χ1n) is 12.7. The average Bonchev–Trinajstić information content (AvgIpc) is 3.12. The number of nitrogens with zero attached hydrogens (tertiary/aromatic N) is 4. The number of anilines is 1. The number of piperazine rings is 1. The van der Waals surface area contributed by atoms with E-state index in [1.54, 1.807) is 0 Å². The molecule has 0 N–H and O–H groups in total. The van der Waals surface area contributed by atoms with E-state index in [-0.39, 0.29) is 12.1 Å². The molecule has 0 amide bonds. The van der Waals surface area contributed by atoms with Gasteiger partial charge in [-0.3, -0.25) is 9.80 Å². The summed E-state index contributed by atoms with van der Waals surface area (Å²) in [7, 11) is 0. The van der Waals surface area contributed by atoms with Crippen molar-refractivity contribution >= 4 is 12.1 Å². The summed E-state index contributed by atoms with van der Waals surface area (Å²) in [6, 6.07) is 13.8. The third kappa shape index (κ3) is 5.23. The smallest absolute Gasteiger partial charge is 0.354 e. The maximum absolute atomic E-state index is 12.9. The first-order chi connectivity index (χ1) is 16.9. The fraction of sp³-hybridized carbons (Fsp3) is 0.556. The number of piperidine rings is 1. The van der Waals surface area contributed by atoms with Crippen LogP contribution in [0.1, 0.15) is 55.6 Å². The van der Waals surface area contributed by atoms with Crippen LogP contribution in [-0.4, -0.2) is 65.5 Å². The van der Waals surface area contributed by atoms with Crippen LogP contribution in [0.2, 0.25) is 0 Å². The standard InChI is InChI=1S/C27H33F3N4O/c28-27(29,30)22-9-12-25(31-18-22)32-13-15-33(16-14-32)26(34-23-7-4-8-24(34)11-10-23)17-21(19-35)20-5-2-1-3-6-20/h1-3,5-6,9,12,18-19,21,23-24,26H,4,7-8,10-11,13-17H2. The lowest BCUT2D eigenvalue weighted by atomic mass is 9.92. The molecule has 188 valence electrons. The van der Waals surface area contributed by atoms with E-state index in [1.807, 2.05) is 30.3 Å². The Hall–Kier alpha value is -2.45. The molecule has 3 aliphatic rings. The number of rotatable bonds is 7. The summed E-state index contributed by atoms with van der Waals surface area (Å²) in [6.45, 7) is 3.00. The van der Waals surface area contributed by atoms with Crippen LogP contribution in [0.4, 0.5) is 19.0 Å². The van der Waals surface area contributed by atoms with Crippen LogP contribution in [0.25, 0.3) is 0 Å². The van der Waals surface area contributed by atoms with Gasteiger partial charge in [0.2, 0.25) is 0 Å². The zero-order valence-electron chi connectivity index (χ0n) is 19.9. The summed E-state index contributed by atoms with van der Waals surface area (Å²) in [5.41, 5.74) is 0.339. The third-order valence-electron chi connectivity index (χ3n) is 8.09. The van der Waals surface area contributed by atoms with Crippen molar-refractivity contribution < 1.29 is 18.0 Å². The normalized spacial score (nSPS) is 25.4. The molecular formula is C27H33F3N4O. The molecule has 35 heavy (non-hydrogen) atoms. The molecule has 0 spiro atoms. The van der Waals surface area contributed by atoms with Crippen LogP contribution in [0.5, 0.6) is 0 Å². The molecule has 4 heterocycles. The third-order valence-corrected chi connectivity index (χ3v) is 8.09. The number of halogens is 3. The van der Waals surface area contributed by atoms with E-state index in [0.717, 1.165) is 43.6 Å². The lowest BCUT2D eigenvalue weighted by Gasteiger charge is -2.49. The minimum absolute atomic E-state index is 0.155. The van der Waals surface area contributed by atoms with Gasteiger partial charge in [0.25, 0.3) is 0 Å². The maximum atomic E-state index is 12.9. The highest BCUT2D eigenvalue weighted by atomic mass is 19.4. The van der Waals surface area contributed by atoms with Crippen molar-refractivity contribution in [2.24, 2.45) is 0 Å². The maximum Gasteiger partial charge on any atom is 0.417 e. The van der Waals surface area contributed by atoms with Crippen LogP contribution < -0.4 is 4.90 Å². The number of aldehydes is 1. The number of carbonyl (C=O) groups is 1. The number of fused-ring (bicyclic) bond motifs is 2. The zero-order valence-corrected chi connectivity index (χ0v) is 19.9. The van der Waals surface area contributed by atoms with Gasteiger partial charge in [0.15, 0.2) is 0 Å². The van der Waals surface area contributed by atoms with Gasteiger partial charge in [-0.05, 0) is 49.8 Å². The predicted octanol–water partition coefficient (Wildman–Crippen LogP) is 4.94. The van der Waals surface area contributed by atoms with E-state index >= 15 is 0 Å². The number of pyridine rings is 1. The topological polar surface area (TPSA) is 39.7 Å². The Balaban J connectivity index is 1.32. The van der Waals surface area contributed by atoms with E-state index in [2.05, 4.69) is 19.7 Å². The fourth-order valence-electron chi connectivity index (χ4n) is 6.29. The van der Waals surface area contributed by atoms with Crippen LogP contribution >= 0.6 is 0 Å². The Bertz CT molecular complexity index is 960. The van der Waals surface area contributed by atoms with Crippen molar-refractivity contribution in [3.63, 3.8) is 0 Å². The van der Waals surface area contributed by atoms with Gasteiger partial charge in [-0.2, -0.15) is 13.2 Å². The van der Waals surface area contributed by atoms with Crippen LogP contribution in [0.3, 0.4) is 0 Å². The lowest BCUT2D eigenvalue weighted by Crippen LogP contribution is -2.60. The van der Waals surface area contributed by atoms with E-state index < -0.39 is 11.7 Å². The minimum Gasteiger partial charge on any atom is -0.354 e. The summed E-state index contributed by atoms with van der Waals surface area (Å²) >= 11 is 0. The van der Waals surface area contributed by atoms with E-state index in [9.17, 15) is 18.0 Å². The second-order valence-electron chi connectivity index (χ2n) is 10.1. The molecule has 4 atom stereocenters. The highest BCUT2D eigenvalue weighted by Crippen LogP contribution is 2.40. The number of benzene rings is 1. The molecule has 5 nitrogen and oxygen atoms in total. The highest BCUT2D eigenvalue weighted by molar-refractivity contribution is 5.62. The minimum atomic E-state index is -4.38. The Morgan fingerprint density at radius 1 is 0.943 bits per heavy atom. The number of hydrogen-bond acceptors (Lipinski definition) is 5. The molecule has 3 aliphatic heterocycles. The Morgan fingerprint density at radius 3 is 2.20 bits per heavy atom. The molecule has 0 aliphatic carbocycles. The molecule has 2 bridgehead atoms. The monoisotopic (exact) mass is 486 g/mol. The van der Waals surface area contributed by atoms with Gasteiger partial charge in [-0.15, -0.1) is 0 Å². The quantitative estimate of drug-likeness (QED) is 0.519. The van der Waals surface area contributed by atoms with E-state index in [0.29, 0.717) is 31.0 Å². The summed E-state index contributed by atoms with van der Waals surface area (Å²) < 4.78 is 38.7. The molecule has 4 unspecified atom stereocenters. The molecule has 1 aromatic carbocycles. The number of hydrogen-bond donors (Lipinski definition) is 0. The van der Waals surface area contributed by atoms with E-state index in [1.165, 1.54) is 38.2 Å². The molecule has 2 aromatic rings. The Morgan fingerprint density at radius 2 is 1.63 bits per heavy atom. The summed E-state index contributed by atoms with van der Waals surface area (Å²) in [5, 5.41) is 0. The van der Waals surface area contributed by atoms with Crippen LogP contribution in [-0.2, 0) is 11.0 Å². The second-order valence-corrected chi connectivity index (χ2v) is 10.1. The molecule has 0 saturated carbocycles. The highest BCUT2D eigenvalue weighted by Gasteiger charge is 2.43. The van der Waals surface area contributed by atoms with Crippen molar-refractivity contribution in [3.05, 3.63) is 59.8 Å². The Labute approximate surface area is 204 Å². The second kappa shape index (κ2) is 10.3. The number of carbonyl (C=O) groups excluding carboxylic acids is 1.